The Morgan fingerprint density at radius 2 is 1.73 bits per heavy atom. The van der Waals surface area contributed by atoms with Crippen LogP contribution in [0.2, 0.25) is 0 Å². The van der Waals surface area contributed by atoms with Gasteiger partial charge in [-0.2, -0.15) is 0 Å². The fraction of sp³-hybridized carbons (Fsp3) is 1.00. The molecule has 0 saturated heterocycles. The van der Waals surface area contributed by atoms with Gasteiger partial charge >= 0.3 is 27.5 Å². The van der Waals surface area contributed by atoms with Crippen molar-refractivity contribution in [3.05, 3.63) is 0 Å². The summed E-state index contributed by atoms with van der Waals surface area (Å²) < 4.78 is 23.2. The molecule has 0 rings (SSSR count). The summed E-state index contributed by atoms with van der Waals surface area (Å²) in [6, 6.07) is 0. The van der Waals surface area contributed by atoms with Crippen LogP contribution in [0.4, 0.5) is 0 Å². The van der Waals surface area contributed by atoms with Crippen LogP contribution in [0.3, 0.4) is 0 Å². The summed E-state index contributed by atoms with van der Waals surface area (Å²) in [5.41, 5.74) is -0.422. The van der Waals surface area contributed by atoms with Gasteiger partial charge in [-0.05, 0) is 25.7 Å². The first-order valence-corrected chi connectivity index (χ1v) is 7.10. The predicted molar refractivity (Wildman–Crippen MR) is 54.7 cm³/mol. The van der Waals surface area contributed by atoms with Crippen LogP contribution in [0.25, 0.3) is 0 Å². The van der Waals surface area contributed by atoms with Gasteiger partial charge in [-0.15, -0.1) is 0 Å². The minimum absolute atomic E-state index is 0.422. The zero-order valence-electron chi connectivity index (χ0n) is 10.1. The molecule has 1 unspecified atom stereocenters. The van der Waals surface area contributed by atoms with Crippen molar-refractivity contribution < 1.29 is 32.6 Å². The third-order valence-corrected chi connectivity index (χ3v) is 2.26. The van der Waals surface area contributed by atoms with Crippen molar-refractivity contribution in [3.63, 3.8) is 0 Å². The first-order chi connectivity index (χ1) is 6.71. The number of hydrogen-bond acceptors (Lipinski definition) is 2. The Kier molecular flexibility index (Phi) is 11.2. The van der Waals surface area contributed by atoms with Crippen molar-refractivity contribution in [2.45, 2.75) is 59.0 Å². The second kappa shape index (κ2) is 9.49. The van der Waals surface area contributed by atoms with Crippen molar-refractivity contribution in [1.82, 2.24) is 0 Å². The maximum atomic E-state index is 9.64. The van der Waals surface area contributed by atoms with Crippen LogP contribution < -0.4 is 0 Å². The molecular weight excluding hydrogens is 235 g/mol. The Hall–Kier alpha value is 0.264. The summed E-state index contributed by atoms with van der Waals surface area (Å²) in [6.45, 7) is 8.41. The van der Waals surface area contributed by atoms with E-state index in [1.807, 2.05) is 13.8 Å². The molecule has 0 aromatic carbocycles. The summed E-state index contributed by atoms with van der Waals surface area (Å²) >= 11 is -3.44. The molecule has 5 heteroatoms. The molecule has 0 amide bonds. The molecule has 15 heavy (non-hydrogen) atoms. The molecule has 0 aromatic heterocycles. The first kappa shape index (κ1) is 17.7. The van der Waals surface area contributed by atoms with Gasteiger partial charge < -0.3 is 5.11 Å². The maximum absolute atomic E-state index is 9.64. The summed E-state index contributed by atoms with van der Waals surface area (Å²) in [5.74, 6) is 0.766. The number of rotatable bonds is 5. The molecular formula is C10H24O4V. The van der Waals surface area contributed by atoms with E-state index in [9.17, 15) is 5.11 Å². The molecule has 3 N–H and O–H groups in total. The third-order valence-electron chi connectivity index (χ3n) is 2.26. The Bertz CT molecular complexity index is 165. The summed E-state index contributed by atoms with van der Waals surface area (Å²) in [5, 5.41) is 9.64. The second-order valence-corrected chi connectivity index (χ2v) is 5.18. The molecule has 93 valence electrons. The average Bonchev–Trinajstić information content (AvgIpc) is 2.02. The van der Waals surface area contributed by atoms with Crippen molar-refractivity contribution in [3.8, 4) is 0 Å². The van der Waals surface area contributed by atoms with Crippen molar-refractivity contribution in [2.75, 3.05) is 0 Å². The molecule has 0 aromatic rings. The molecule has 0 fully saturated rings. The molecule has 0 radical (unpaired) electrons. The van der Waals surface area contributed by atoms with E-state index in [0.29, 0.717) is 0 Å². The molecule has 0 saturated carbocycles. The van der Waals surface area contributed by atoms with Gasteiger partial charge in [0.1, 0.15) is 0 Å². The van der Waals surface area contributed by atoms with Crippen LogP contribution >= 0.6 is 0 Å². The van der Waals surface area contributed by atoms with E-state index >= 15 is 0 Å². The monoisotopic (exact) mass is 259 g/mol. The Balaban J connectivity index is 0. The molecule has 0 spiro atoms. The van der Waals surface area contributed by atoms with Gasteiger partial charge in [0.05, 0.1) is 5.60 Å². The predicted octanol–water partition coefficient (Wildman–Crippen LogP) is 1.74. The van der Waals surface area contributed by atoms with E-state index in [-0.39, 0.29) is 0 Å². The Labute approximate surface area is 97.8 Å². The molecule has 0 aliphatic carbocycles. The quantitative estimate of drug-likeness (QED) is 0.702. The van der Waals surface area contributed by atoms with Gasteiger partial charge in [0.2, 0.25) is 0 Å². The van der Waals surface area contributed by atoms with Gasteiger partial charge in [-0.1, -0.05) is 33.6 Å². The van der Waals surface area contributed by atoms with Gasteiger partial charge in [-0.3, -0.25) is 0 Å². The van der Waals surface area contributed by atoms with Crippen LogP contribution in [0.1, 0.15) is 53.4 Å². The summed E-state index contributed by atoms with van der Waals surface area (Å²) in [7, 11) is 0. The van der Waals surface area contributed by atoms with E-state index in [4.69, 9.17) is 11.7 Å². The van der Waals surface area contributed by atoms with Crippen molar-refractivity contribution in [2.24, 2.45) is 5.92 Å². The van der Waals surface area contributed by atoms with Gasteiger partial charge in [0.15, 0.2) is 0 Å². The fourth-order valence-corrected chi connectivity index (χ4v) is 1.07. The molecule has 4 nitrogen and oxygen atoms in total. The summed E-state index contributed by atoms with van der Waals surface area (Å²) in [4.78, 5) is 0. The van der Waals surface area contributed by atoms with Crippen molar-refractivity contribution in [1.29, 1.82) is 0 Å². The van der Waals surface area contributed by atoms with Crippen LogP contribution in [-0.4, -0.2) is 18.8 Å². The van der Waals surface area contributed by atoms with Crippen molar-refractivity contribution >= 4 is 0 Å². The van der Waals surface area contributed by atoms with Crippen LogP contribution in [0.5, 0.6) is 0 Å². The molecule has 0 bridgehead atoms. The normalized spacial score (nSPS) is 14.1. The van der Waals surface area contributed by atoms with Gasteiger partial charge in [-0.25, -0.2) is 0 Å². The SMILES string of the molecule is CCC(C)(O)CCCC(C)C.[O]=[V]([OH])[OH]. The van der Waals surface area contributed by atoms with E-state index in [0.717, 1.165) is 25.2 Å². The van der Waals surface area contributed by atoms with E-state index in [2.05, 4.69) is 13.8 Å². The molecule has 1 atom stereocenters. The minimum atomic E-state index is -3.44. The third kappa shape index (κ3) is 20.4. The van der Waals surface area contributed by atoms with E-state index in [1.54, 1.807) is 0 Å². The Morgan fingerprint density at radius 3 is 2.00 bits per heavy atom. The number of aliphatic hydroxyl groups is 1. The molecule has 0 aliphatic heterocycles. The van der Waals surface area contributed by atoms with Crippen LogP contribution in [0.15, 0.2) is 0 Å². The molecule has 0 aliphatic rings. The zero-order valence-corrected chi connectivity index (χ0v) is 11.5. The fourth-order valence-electron chi connectivity index (χ4n) is 1.07. The summed E-state index contributed by atoms with van der Waals surface area (Å²) in [6.07, 6.45) is 4.20. The first-order valence-electron chi connectivity index (χ1n) is 5.28. The number of hydrogen-bond donors (Lipinski definition) is 3. The zero-order chi connectivity index (χ0) is 12.5. The van der Waals surface area contributed by atoms with Crippen LogP contribution in [0, 0.1) is 5.92 Å². The standard InChI is InChI=1S/C10H22O.2H2O.O.V/c1-5-10(4,11)8-6-7-9(2)3;;;;/h9,11H,5-8H2,1-4H3;2*1H2;;/q;;;;+2/p-2. The van der Waals surface area contributed by atoms with E-state index in [1.165, 1.54) is 6.42 Å². The Morgan fingerprint density at radius 1 is 1.33 bits per heavy atom. The van der Waals surface area contributed by atoms with Gasteiger partial charge in [0, 0.05) is 0 Å². The second-order valence-electron chi connectivity index (χ2n) is 4.39. The van der Waals surface area contributed by atoms with Gasteiger partial charge in [0.25, 0.3) is 0 Å². The van der Waals surface area contributed by atoms with E-state index < -0.39 is 21.4 Å². The topological polar surface area (TPSA) is 77.8 Å². The average molecular weight is 259 g/mol. The van der Waals surface area contributed by atoms with Crippen LogP contribution in [-0.2, 0) is 19.5 Å². The molecule has 0 heterocycles.